The fourth-order valence-electron chi connectivity index (χ4n) is 2.94. The number of hydrazone groups is 1. The zero-order valence-electron chi connectivity index (χ0n) is 14.3. The molecule has 24 heavy (non-hydrogen) atoms. The lowest BCUT2D eigenvalue weighted by molar-refractivity contribution is 0.321. The molecule has 1 fully saturated rings. The molecule has 1 aliphatic rings. The molecule has 0 unspecified atom stereocenters. The summed E-state index contributed by atoms with van der Waals surface area (Å²) in [6.07, 6.45) is 4.32. The molecule has 1 N–H and O–H groups in total. The molecule has 0 atom stereocenters. The molecule has 1 aliphatic heterocycles. The van der Waals surface area contributed by atoms with Crippen LogP contribution in [0.3, 0.4) is 0 Å². The van der Waals surface area contributed by atoms with Crippen molar-refractivity contribution in [1.82, 2.24) is 9.88 Å². The zero-order valence-corrected chi connectivity index (χ0v) is 14.3. The van der Waals surface area contributed by atoms with E-state index in [4.69, 9.17) is 4.74 Å². The molecule has 0 amide bonds. The van der Waals surface area contributed by atoms with Crippen LogP contribution in [0.1, 0.15) is 30.9 Å². The van der Waals surface area contributed by atoms with Crippen LogP contribution in [-0.2, 0) is 6.54 Å². The van der Waals surface area contributed by atoms with Gasteiger partial charge in [-0.15, -0.1) is 0 Å². The highest BCUT2D eigenvalue weighted by molar-refractivity contribution is 5.99. The number of methoxy groups -OCH3 is 1. The number of nitrogens with one attached hydrogen (secondary N) is 1. The van der Waals surface area contributed by atoms with E-state index in [1.165, 1.54) is 31.5 Å². The molecule has 5 heteroatoms. The van der Waals surface area contributed by atoms with Crippen LogP contribution < -0.4 is 10.2 Å². The van der Waals surface area contributed by atoms with Crippen LogP contribution in [0.15, 0.2) is 47.7 Å². The second-order valence-electron chi connectivity index (χ2n) is 6.03. The summed E-state index contributed by atoms with van der Waals surface area (Å²) in [5, 5.41) is 4.44. The fraction of sp³-hybridized carbons (Fsp3) is 0.368. The van der Waals surface area contributed by atoms with Crippen molar-refractivity contribution < 1.29 is 4.74 Å². The van der Waals surface area contributed by atoms with Crippen molar-refractivity contribution >= 4 is 11.5 Å². The maximum Gasteiger partial charge on any atom is 0.146 e. The van der Waals surface area contributed by atoms with Gasteiger partial charge in [0.05, 0.1) is 12.8 Å². The van der Waals surface area contributed by atoms with Crippen molar-refractivity contribution in [1.29, 1.82) is 0 Å². The highest BCUT2D eigenvalue weighted by Gasteiger charge is 2.15. The summed E-state index contributed by atoms with van der Waals surface area (Å²) >= 11 is 0. The van der Waals surface area contributed by atoms with Crippen molar-refractivity contribution in [2.75, 3.05) is 25.6 Å². The molecule has 1 aromatic heterocycles. The largest absolute Gasteiger partial charge is 0.496 e. The molecular weight excluding hydrogens is 300 g/mol. The van der Waals surface area contributed by atoms with Crippen LogP contribution in [0, 0.1) is 0 Å². The Morgan fingerprint density at radius 2 is 2.08 bits per heavy atom. The maximum absolute atomic E-state index is 5.53. The fourth-order valence-corrected chi connectivity index (χ4v) is 2.94. The number of aromatic nitrogens is 1. The number of ether oxygens (including phenoxy) is 1. The normalized spacial score (nSPS) is 15.5. The van der Waals surface area contributed by atoms with E-state index < -0.39 is 0 Å². The number of benzene rings is 1. The third-order valence-electron chi connectivity index (χ3n) is 4.29. The van der Waals surface area contributed by atoms with Gasteiger partial charge in [0.2, 0.25) is 0 Å². The second-order valence-corrected chi connectivity index (χ2v) is 6.03. The van der Waals surface area contributed by atoms with Crippen LogP contribution in [0.2, 0.25) is 0 Å². The number of hydrogen-bond donors (Lipinski definition) is 1. The van der Waals surface area contributed by atoms with Gasteiger partial charge >= 0.3 is 0 Å². The molecule has 126 valence electrons. The Bertz CT molecular complexity index is 694. The van der Waals surface area contributed by atoms with Crippen LogP contribution in [0.25, 0.3) is 0 Å². The van der Waals surface area contributed by atoms with Gasteiger partial charge in [0.25, 0.3) is 0 Å². The lowest BCUT2D eigenvalue weighted by atomic mass is 10.1. The molecule has 0 aliphatic carbocycles. The Morgan fingerprint density at radius 1 is 1.25 bits per heavy atom. The maximum atomic E-state index is 5.53. The number of hydrogen-bond acceptors (Lipinski definition) is 5. The smallest absolute Gasteiger partial charge is 0.146 e. The molecule has 0 bridgehead atoms. The van der Waals surface area contributed by atoms with Crippen LogP contribution in [0.4, 0.5) is 5.82 Å². The minimum absolute atomic E-state index is 0.739. The van der Waals surface area contributed by atoms with Gasteiger partial charge < -0.3 is 4.74 Å². The topological polar surface area (TPSA) is 49.8 Å². The van der Waals surface area contributed by atoms with E-state index in [9.17, 15) is 0 Å². The Balaban J connectivity index is 1.76. The van der Waals surface area contributed by atoms with Gasteiger partial charge in [0.15, 0.2) is 0 Å². The third kappa shape index (κ3) is 4.11. The Labute approximate surface area is 143 Å². The summed E-state index contributed by atoms with van der Waals surface area (Å²) < 4.78 is 5.53. The molecule has 0 saturated carbocycles. The number of anilines is 1. The molecule has 0 spiro atoms. The van der Waals surface area contributed by atoms with Gasteiger partial charge in [-0.05, 0) is 68.8 Å². The van der Waals surface area contributed by atoms with Gasteiger partial charge in [0.1, 0.15) is 11.6 Å². The van der Waals surface area contributed by atoms with E-state index in [0.717, 1.165) is 29.4 Å². The molecule has 3 rings (SSSR count). The molecule has 1 saturated heterocycles. The van der Waals surface area contributed by atoms with Crippen LogP contribution in [0.5, 0.6) is 5.75 Å². The van der Waals surface area contributed by atoms with E-state index >= 15 is 0 Å². The van der Waals surface area contributed by atoms with Crippen LogP contribution in [-0.4, -0.2) is 35.8 Å². The lowest BCUT2D eigenvalue weighted by Crippen LogP contribution is -2.19. The molecule has 2 heterocycles. The highest BCUT2D eigenvalue weighted by Crippen LogP contribution is 2.24. The first-order valence-electron chi connectivity index (χ1n) is 8.37. The van der Waals surface area contributed by atoms with Crippen LogP contribution >= 0.6 is 0 Å². The standard InChI is InChI=1S/C19H24N4O/c1-15(21-22-19-7-3-4-10-20-19)16-8-9-18(24-2)17(13-16)14-23-11-5-6-12-23/h3-4,7-10,13H,5-6,11-12,14H2,1-2H3,(H,20,22)/b21-15-. The summed E-state index contributed by atoms with van der Waals surface area (Å²) in [7, 11) is 1.73. The lowest BCUT2D eigenvalue weighted by Gasteiger charge is -2.17. The Kier molecular flexibility index (Phi) is 5.43. The second kappa shape index (κ2) is 7.93. The SMILES string of the molecule is COc1ccc(/C(C)=N\Nc2ccccn2)cc1CN1CCCC1. The van der Waals surface area contributed by atoms with E-state index in [2.05, 4.69) is 26.5 Å². The predicted octanol–water partition coefficient (Wildman–Crippen LogP) is 3.52. The van der Waals surface area contributed by atoms with Gasteiger partial charge in [0, 0.05) is 18.3 Å². The van der Waals surface area contributed by atoms with E-state index in [-0.39, 0.29) is 0 Å². The summed E-state index contributed by atoms with van der Waals surface area (Å²) in [6, 6.07) is 12.0. The number of rotatable bonds is 6. The first-order valence-corrected chi connectivity index (χ1v) is 8.37. The first kappa shape index (κ1) is 16.5. The molecule has 2 aromatic rings. The van der Waals surface area contributed by atoms with Crippen molar-refractivity contribution in [3.63, 3.8) is 0 Å². The highest BCUT2D eigenvalue weighted by atomic mass is 16.5. The summed E-state index contributed by atoms with van der Waals surface area (Å²) in [4.78, 5) is 6.69. The van der Waals surface area contributed by atoms with E-state index in [0.29, 0.717) is 0 Å². The van der Waals surface area contributed by atoms with E-state index in [1.54, 1.807) is 13.3 Å². The first-order chi connectivity index (χ1) is 11.8. The van der Waals surface area contributed by atoms with Crippen molar-refractivity contribution in [2.45, 2.75) is 26.3 Å². The van der Waals surface area contributed by atoms with Gasteiger partial charge in [-0.25, -0.2) is 4.98 Å². The van der Waals surface area contributed by atoms with Gasteiger partial charge in [-0.2, -0.15) is 5.10 Å². The van der Waals surface area contributed by atoms with E-state index in [1.807, 2.05) is 37.3 Å². The van der Waals surface area contributed by atoms with Gasteiger partial charge in [-0.3, -0.25) is 10.3 Å². The molecule has 5 nitrogen and oxygen atoms in total. The minimum atomic E-state index is 0.739. The third-order valence-corrected chi connectivity index (χ3v) is 4.29. The van der Waals surface area contributed by atoms with Crippen molar-refractivity contribution in [3.8, 4) is 5.75 Å². The summed E-state index contributed by atoms with van der Waals surface area (Å²) in [5.41, 5.74) is 6.22. The molecule has 0 radical (unpaired) electrons. The van der Waals surface area contributed by atoms with Crippen molar-refractivity contribution in [2.24, 2.45) is 5.10 Å². The zero-order chi connectivity index (χ0) is 16.8. The molecule has 1 aromatic carbocycles. The number of nitrogens with zero attached hydrogens (tertiary/aromatic N) is 3. The van der Waals surface area contributed by atoms with Crippen molar-refractivity contribution in [3.05, 3.63) is 53.7 Å². The quantitative estimate of drug-likeness (QED) is 0.652. The number of pyridine rings is 1. The Hall–Kier alpha value is -2.40. The minimum Gasteiger partial charge on any atom is -0.496 e. The summed E-state index contributed by atoms with van der Waals surface area (Å²) in [5.74, 6) is 1.68. The number of likely N-dealkylation sites (tertiary alicyclic amines) is 1. The molecular formula is C19H24N4O. The van der Waals surface area contributed by atoms with Gasteiger partial charge in [-0.1, -0.05) is 6.07 Å². The average Bonchev–Trinajstić information content (AvgIpc) is 3.13. The average molecular weight is 324 g/mol. The summed E-state index contributed by atoms with van der Waals surface area (Å²) in [6.45, 7) is 5.26. The Morgan fingerprint density at radius 3 is 2.79 bits per heavy atom. The monoisotopic (exact) mass is 324 g/mol. The predicted molar refractivity (Wildman–Crippen MR) is 97.6 cm³/mol.